The van der Waals surface area contributed by atoms with E-state index in [1.807, 2.05) is 25.1 Å². The second-order valence-corrected chi connectivity index (χ2v) is 5.63. The van der Waals surface area contributed by atoms with Gasteiger partial charge in [-0.25, -0.2) is 9.98 Å². The molecule has 2 aromatic rings. The molecule has 0 aliphatic rings. The highest BCUT2D eigenvalue weighted by Gasteiger charge is 2.08. The smallest absolute Gasteiger partial charge is 0.212 e. The highest BCUT2D eigenvalue weighted by molar-refractivity contribution is 5.79. The molecule has 0 saturated carbocycles. The molecule has 24 heavy (non-hydrogen) atoms. The van der Waals surface area contributed by atoms with Gasteiger partial charge in [0.25, 0.3) is 0 Å². The molecule has 0 spiro atoms. The zero-order valence-corrected chi connectivity index (χ0v) is 14.7. The van der Waals surface area contributed by atoms with Gasteiger partial charge in [-0.2, -0.15) is 0 Å². The Balaban J connectivity index is 1.93. The van der Waals surface area contributed by atoms with Gasteiger partial charge in [0.2, 0.25) is 5.88 Å². The fraction of sp³-hybridized carbons (Fsp3) is 0.471. The fourth-order valence-corrected chi connectivity index (χ4v) is 1.99. The molecule has 0 aromatic carbocycles. The molecule has 2 rings (SSSR count). The molecule has 0 aliphatic heterocycles. The first-order valence-electron chi connectivity index (χ1n) is 8.09. The maximum atomic E-state index is 5.32. The van der Waals surface area contributed by atoms with Crippen LogP contribution in [0.1, 0.15) is 43.7 Å². The van der Waals surface area contributed by atoms with Crippen LogP contribution in [0.4, 0.5) is 0 Å². The molecule has 2 N–H and O–H groups in total. The zero-order valence-electron chi connectivity index (χ0n) is 14.7. The van der Waals surface area contributed by atoms with Crippen molar-refractivity contribution in [2.45, 2.75) is 39.8 Å². The van der Waals surface area contributed by atoms with Gasteiger partial charge in [-0.05, 0) is 18.4 Å². The molecule has 0 atom stereocenters. The van der Waals surface area contributed by atoms with E-state index in [-0.39, 0.29) is 0 Å². The number of guanidine groups is 1. The summed E-state index contributed by atoms with van der Waals surface area (Å²) >= 11 is 0. The molecule has 0 fully saturated rings. The van der Waals surface area contributed by atoms with Crippen LogP contribution >= 0.6 is 0 Å². The average Bonchev–Trinajstić information content (AvgIpc) is 3.07. The Morgan fingerprint density at radius 3 is 2.75 bits per heavy atom. The standard InChI is InChI=1S/C17H25N5O2/c1-5-18-17(20-10-13-6-7-16(23-4)19-9-13)21-11-14-8-15(12(2)3)22-24-14/h6-9,12H,5,10-11H2,1-4H3,(H2,18,20,21). The molecular weight excluding hydrogens is 306 g/mol. The van der Waals surface area contributed by atoms with E-state index in [1.54, 1.807) is 13.3 Å². The maximum absolute atomic E-state index is 5.32. The monoisotopic (exact) mass is 331 g/mol. The first kappa shape index (κ1) is 17.8. The van der Waals surface area contributed by atoms with Crippen molar-refractivity contribution in [2.75, 3.05) is 13.7 Å². The van der Waals surface area contributed by atoms with Gasteiger partial charge >= 0.3 is 0 Å². The highest BCUT2D eigenvalue weighted by Crippen LogP contribution is 2.13. The highest BCUT2D eigenvalue weighted by atomic mass is 16.5. The minimum absolute atomic E-state index is 0.354. The topological polar surface area (TPSA) is 84.6 Å². The summed E-state index contributed by atoms with van der Waals surface area (Å²) in [7, 11) is 1.60. The lowest BCUT2D eigenvalue weighted by atomic mass is 10.1. The van der Waals surface area contributed by atoms with Crippen molar-refractivity contribution in [3.05, 3.63) is 41.4 Å². The predicted molar refractivity (Wildman–Crippen MR) is 93.0 cm³/mol. The Bertz CT molecular complexity index is 649. The van der Waals surface area contributed by atoms with Crippen LogP contribution in [0.2, 0.25) is 0 Å². The molecule has 0 amide bonds. The van der Waals surface area contributed by atoms with E-state index in [0.29, 0.717) is 24.9 Å². The first-order valence-corrected chi connectivity index (χ1v) is 8.09. The number of aliphatic imine (C=N–C) groups is 1. The van der Waals surface area contributed by atoms with Crippen molar-refractivity contribution in [3.8, 4) is 5.88 Å². The number of pyridine rings is 1. The molecule has 0 aliphatic carbocycles. The molecule has 7 nitrogen and oxygen atoms in total. The van der Waals surface area contributed by atoms with Crippen LogP contribution < -0.4 is 15.4 Å². The Morgan fingerprint density at radius 1 is 1.33 bits per heavy atom. The third-order valence-electron chi connectivity index (χ3n) is 3.37. The van der Waals surface area contributed by atoms with E-state index in [2.05, 4.69) is 39.6 Å². The molecule has 0 saturated heterocycles. The minimum atomic E-state index is 0.354. The summed E-state index contributed by atoms with van der Waals surface area (Å²) in [6.07, 6.45) is 1.76. The van der Waals surface area contributed by atoms with E-state index in [1.165, 1.54) is 0 Å². The molecule has 7 heteroatoms. The number of nitrogens with one attached hydrogen (secondary N) is 2. The van der Waals surface area contributed by atoms with E-state index in [4.69, 9.17) is 9.26 Å². The summed E-state index contributed by atoms with van der Waals surface area (Å²) < 4.78 is 10.4. The van der Waals surface area contributed by atoms with Gasteiger partial charge < -0.3 is 19.9 Å². The molecule has 130 valence electrons. The molecule has 0 radical (unpaired) electrons. The van der Waals surface area contributed by atoms with Crippen LogP contribution in [0.15, 0.2) is 33.9 Å². The zero-order chi connectivity index (χ0) is 17.4. The lowest BCUT2D eigenvalue weighted by Crippen LogP contribution is -2.36. The molecule has 2 aromatic heterocycles. The maximum Gasteiger partial charge on any atom is 0.212 e. The van der Waals surface area contributed by atoms with Crippen molar-refractivity contribution < 1.29 is 9.26 Å². The average molecular weight is 331 g/mol. The van der Waals surface area contributed by atoms with Crippen LogP contribution in [-0.4, -0.2) is 29.8 Å². The summed E-state index contributed by atoms with van der Waals surface area (Å²) in [5.74, 6) is 2.46. The number of hydrogen-bond donors (Lipinski definition) is 2. The quantitative estimate of drug-likeness (QED) is 0.599. The Kier molecular flexibility index (Phi) is 6.60. The summed E-state index contributed by atoms with van der Waals surface area (Å²) in [6, 6.07) is 5.74. The van der Waals surface area contributed by atoms with Crippen LogP contribution in [0.3, 0.4) is 0 Å². The molecule has 0 bridgehead atoms. The third kappa shape index (κ3) is 5.26. The summed E-state index contributed by atoms with van der Waals surface area (Å²) in [5.41, 5.74) is 1.97. The number of ether oxygens (including phenoxy) is 1. The van der Waals surface area contributed by atoms with E-state index in [9.17, 15) is 0 Å². The molecular formula is C17H25N5O2. The summed E-state index contributed by atoms with van der Waals surface area (Å²) in [6.45, 7) is 8.04. The fourth-order valence-electron chi connectivity index (χ4n) is 1.99. The number of nitrogens with zero attached hydrogens (tertiary/aromatic N) is 3. The van der Waals surface area contributed by atoms with E-state index < -0.39 is 0 Å². The van der Waals surface area contributed by atoms with E-state index in [0.717, 1.165) is 29.5 Å². The molecule has 2 heterocycles. The largest absolute Gasteiger partial charge is 0.481 e. The van der Waals surface area contributed by atoms with E-state index >= 15 is 0 Å². The van der Waals surface area contributed by atoms with Gasteiger partial charge in [0.05, 0.1) is 25.9 Å². The lowest BCUT2D eigenvalue weighted by molar-refractivity contribution is 0.372. The predicted octanol–water partition coefficient (Wildman–Crippen LogP) is 2.46. The van der Waals surface area contributed by atoms with Crippen LogP contribution in [-0.2, 0) is 13.1 Å². The van der Waals surface area contributed by atoms with Crippen LogP contribution in [0.5, 0.6) is 5.88 Å². The second-order valence-electron chi connectivity index (χ2n) is 5.63. The summed E-state index contributed by atoms with van der Waals surface area (Å²) in [5, 5.41) is 10.5. The second kappa shape index (κ2) is 8.90. The third-order valence-corrected chi connectivity index (χ3v) is 3.37. The normalized spacial score (nSPS) is 11.6. The van der Waals surface area contributed by atoms with Crippen LogP contribution in [0.25, 0.3) is 0 Å². The van der Waals surface area contributed by atoms with Crippen molar-refractivity contribution >= 4 is 5.96 Å². The minimum Gasteiger partial charge on any atom is -0.481 e. The Morgan fingerprint density at radius 2 is 2.17 bits per heavy atom. The van der Waals surface area contributed by atoms with Gasteiger partial charge in [0.15, 0.2) is 11.7 Å². The van der Waals surface area contributed by atoms with Gasteiger partial charge in [0, 0.05) is 24.9 Å². The van der Waals surface area contributed by atoms with Crippen molar-refractivity contribution in [2.24, 2.45) is 4.99 Å². The Labute approximate surface area is 142 Å². The lowest BCUT2D eigenvalue weighted by Gasteiger charge is -2.09. The first-order chi connectivity index (χ1) is 11.6. The van der Waals surface area contributed by atoms with Gasteiger partial charge in [0.1, 0.15) is 0 Å². The van der Waals surface area contributed by atoms with Crippen molar-refractivity contribution in [1.82, 2.24) is 20.8 Å². The Hall–Kier alpha value is -2.57. The number of methoxy groups -OCH3 is 1. The van der Waals surface area contributed by atoms with Gasteiger partial charge in [-0.3, -0.25) is 0 Å². The summed E-state index contributed by atoms with van der Waals surface area (Å²) in [4.78, 5) is 8.73. The number of hydrogen-bond acceptors (Lipinski definition) is 5. The van der Waals surface area contributed by atoms with Gasteiger partial charge in [-0.15, -0.1) is 0 Å². The SMILES string of the molecule is CCNC(=NCc1ccc(OC)nc1)NCc1cc(C(C)C)no1. The van der Waals surface area contributed by atoms with Crippen molar-refractivity contribution in [1.29, 1.82) is 0 Å². The van der Waals surface area contributed by atoms with Crippen molar-refractivity contribution in [3.63, 3.8) is 0 Å². The van der Waals surface area contributed by atoms with Gasteiger partial charge in [-0.1, -0.05) is 25.1 Å². The van der Waals surface area contributed by atoms with Crippen LogP contribution in [0, 0.1) is 0 Å². The number of rotatable bonds is 7. The molecule has 0 unspecified atom stereocenters. The number of aromatic nitrogens is 2.